The van der Waals surface area contributed by atoms with Gasteiger partial charge in [-0.25, -0.2) is 0 Å². The summed E-state index contributed by atoms with van der Waals surface area (Å²) in [5.74, 6) is 1.70. The fourth-order valence-corrected chi connectivity index (χ4v) is 1.74. The second kappa shape index (κ2) is 5.02. The lowest BCUT2D eigenvalue weighted by atomic mass is 9.96. The Morgan fingerprint density at radius 2 is 2.20 bits per heavy atom. The molecule has 1 aliphatic heterocycles. The number of carbonyl (C=O) groups excluding carboxylic acids is 1. The van der Waals surface area contributed by atoms with Crippen LogP contribution in [0.25, 0.3) is 0 Å². The summed E-state index contributed by atoms with van der Waals surface area (Å²) in [5.41, 5.74) is 0. The number of nitrogens with zero attached hydrogens (tertiary/aromatic N) is 2. The van der Waals surface area contributed by atoms with Gasteiger partial charge in [0, 0.05) is 19.6 Å². The highest BCUT2D eigenvalue weighted by Crippen LogP contribution is 2.18. The molecule has 0 amide bonds. The van der Waals surface area contributed by atoms with Gasteiger partial charge in [0.2, 0.25) is 5.89 Å². The molecule has 1 fully saturated rings. The van der Waals surface area contributed by atoms with Crippen molar-refractivity contribution in [3.63, 3.8) is 0 Å². The topological polar surface area (TPSA) is 65.2 Å². The molecule has 0 bridgehead atoms. The Bertz CT molecular complexity index is 318. The molecule has 0 N–H and O–H groups in total. The lowest BCUT2D eigenvalue weighted by molar-refractivity contribution is -0.107. The maximum Gasteiger partial charge on any atom is 0.233 e. The Morgan fingerprint density at radius 1 is 1.40 bits per heavy atom. The molecule has 1 saturated heterocycles. The van der Waals surface area contributed by atoms with E-state index in [-0.39, 0.29) is 6.42 Å². The fourth-order valence-electron chi connectivity index (χ4n) is 1.74. The highest BCUT2D eigenvalue weighted by Gasteiger charge is 2.17. The summed E-state index contributed by atoms with van der Waals surface area (Å²) in [6.07, 6.45) is 3.91. The Balaban J connectivity index is 1.88. The van der Waals surface area contributed by atoms with Crippen LogP contribution in [0.4, 0.5) is 0 Å². The predicted octanol–water partition coefficient (Wildman–Crippen LogP) is 0.780. The molecule has 82 valence electrons. The molecule has 0 atom stereocenters. The minimum absolute atomic E-state index is 0.209. The molecule has 2 heterocycles. The van der Waals surface area contributed by atoms with Gasteiger partial charge in [-0.3, -0.25) is 0 Å². The Hall–Kier alpha value is -1.23. The fraction of sp³-hybridized carbons (Fsp3) is 0.700. The standard InChI is InChI=1S/C10H14N2O3/c13-4-1-10-11-9(12-15-10)7-8-2-5-14-6-3-8/h4,8H,1-3,5-7H2. The van der Waals surface area contributed by atoms with Gasteiger partial charge in [-0.05, 0) is 18.8 Å². The third-order valence-electron chi connectivity index (χ3n) is 2.58. The lowest BCUT2D eigenvalue weighted by Crippen LogP contribution is -2.18. The molecule has 0 spiro atoms. The van der Waals surface area contributed by atoms with Crippen molar-refractivity contribution in [2.75, 3.05) is 13.2 Å². The molecular formula is C10H14N2O3. The van der Waals surface area contributed by atoms with E-state index in [9.17, 15) is 4.79 Å². The van der Waals surface area contributed by atoms with Gasteiger partial charge in [-0.1, -0.05) is 5.16 Å². The Labute approximate surface area is 87.8 Å². The maximum absolute atomic E-state index is 10.2. The maximum atomic E-state index is 10.2. The van der Waals surface area contributed by atoms with Gasteiger partial charge in [0.1, 0.15) is 6.29 Å². The minimum Gasteiger partial charge on any atom is -0.381 e. The van der Waals surface area contributed by atoms with Gasteiger partial charge in [0.05, 0.1) is 6.42 Å². The molecule has 1 aromatic rings. The van der Waals surface area contributed by atoms with E-state index in [0.29, 0.717) is 17.6 Å². The molecule has 0 unspecified atom stereocenters. The van der Waals surface area contributed by atoms with Crippen LogP contribution in [0.2, 0.25) is 0 Å². The van der Waals surface area contributed by atoms with Crippen molar-refractivity contribution in [1.29, 1.82) is 0 Å². The van der Waals surface area contributed by atoms with Crippen molar-refractivity contribution < 1.29 is 14.1 Å². The predicted molar refractivity (Wildman–Crippen MR) is 51.3 cm³/mol. The number of aromatic nitrogens is 2. The monoisotopic (exact) mass is 210 g/mol. The van der Waals surface area contributed by atoms with E-state index >= 15 is 0 Å². The number of hydrogen-bond acceptors (Lipinski definition) is 5. The largest absolute Gasteiger partial charge is 0.381 e. The van der Waals surface area contributed by atoms with Crippen LogP contribution < -0.4 is 0 Å². The first-order valence-corrected chi connectivity index (χ1v) is 5.21. The normalized spacial score (nSPS) is 17.9. The number of ether oxygens (including phenoxy) is 1. The van der Waals surface area contributed by atoms with E-state index < -0.39 is 0 Å². The van der Waals surface area contributed by atoms with E-state index in [2.05, 4.69) is 10.1 Å². The summed E-state index contributed by atoms with van der Waals surface area (Å²) in [5, 5.41) is 3.84. The van der Waals surface area contributed by atoms with Crippen molar-refractivity contribution >= 4 is 6.29 Å². The third kappa shape index (κ3) is 2.86. The minimum atomic E-state index is 0.209. The van der Waals surface area contributed by atoms with Gasteiger partial charge in [0.25, 0.3) is 0 Å². The first kappa shape index (κ1) is 10.3. The summed E-state index contributed by atoms with van der Waals surface area (Å²) >= 11 is 0. The van der Waals surface area contributed by atoms with Crippen molar-refractivity contribution in [2.45, 2.75) is 25.7 Å². The molecular weight excluding hydrogens is 196 g/mol. The zero-order chi connectivity index (χ0) is 10.5. The Kier molecular flexibility index (Phi) is 3.45. The molecule has 0 aromatic carbocycles. The SMILES string of the molecule is O=CCc1nc(CC2CCOCC2)no1. The first-order chi connectivity index (χ1) is 7.38. The second-order valence-electron chi connectivity index (χ2n) is 3.74. The highest BCUT2D eigenvalue weighted by atomic mass is 16.5. The van der Waals surface area contributed by atoms with Crippen molar-refractivity contribution in [3.8, 4) is 0 Å². The number of hydrogen-bond donors (Lipinski definition) is 0. The molecule has 15 heavy (non-hydrogen) atoms. The summed E-state index contributed by atoms with van der Waals surface area (Å²) in [4.78, 5) is 14.4. The van der Waals surface area contributed by atoms with E-state index in [1.165, 1.54) is 0 Å². The number of carbonyl (C=O) groups is 1. The van der Waals surface area contributed by atoms with Crippen molar-refractivity contribution in [1.82, 2.24) is 10.1 Å². The van der Waals surface area contributed by atoms with Crippen LogP contribution in [0.15, 0.2) is 4.52 Å². The smallest absolute Gasteiger partial charge is 0.233 e. The molecule has 1 aromatic heterocycles. The molecule has 2 rings (SSSR count). The second-order valence-corrected chi connectivity index (χ2v) is 3.74. The van der Waals surface area contributed by atoms with Crippen LogP contribution in [0.5, 0.6) is 0 Å². The molecule has 1 aliphatic rings. The number of aldehydes is 1. The van der Waals surface area contributed by atoms with Gasteiger partial charge in [-0.15, -0.1) is 0 Å². The quantitative estimate of drug-likeness (QED) is 0.687. The highest BCUT2D eigenvalue weighted by molar-refractivity contribution is 5.52. The first-order valence-electron chi connectivity index (χ1n) is 5.21. The van der Waals surface area contributed by atoms with Crippen LogP contribution in [0.1, 0.15) is 24.6 Å². The average Bonchev–Trinajstić information content (AvgIpc) is 2.68. The van der Waals surface area contributed by atoms with Crippen molar-refractivity contribution in [2.24, 2.45) is 5.92 Å². The van der Waals surface area contributed by atoms with Crippen LogP contribution >= 0.6 is 0 Å². The lowest BCUT2D eigenvalue weighted by Gasteiger charge is -2.20. The van der Waals surface area contributed by atoms with Crippen LogP contribution in [-0.4, -0.2) is 29.6 Å². The van der Waals surface area contributed by atoms with E-state index in [1.54, 1.807) is 0 Å². The van der Waals surface area contributed by atoms with Gasteiger partial charge in [0.15, 0.2) is 5.82 Å². The molecule has 0 aliphatic carbocycles. The molecule has 0 saturated carbocycles. The van der Waals surface area contributed by atoms with Crippen LogP contribution in [-0.2, 0) is 22.4 Å². The summed E-state index contributed by atoms with van der Waals surface area (Å²) in [6.45, 7) is 1.65. The van der Waals surface area contributed by atoms with E-state index in [1.807, 2.05) is 0 Å². The van der Waals surface area contributed by atoms with Crippen LogP contribution in [0.3, 0.4) is 0 Å². The van der Waals surface area contributed by atoms with Gasteiger partial charge >= 0.3 is 0 Å². The third-order valence-corrected chi connectivity index (χ3v) is 2.58. The van der Waals surface area contributed by atoms with Crippen LogP contribution in [0, 0.1) is 5.92 Å². The summed E-state index contributed by atoms with van der Waals surface area (Å²) in [6, 6.07) is 0. The zero-order valence-corrected chi connectivity index (χ0v) is 8.52. The summed E-state index contributed by atoms with van der Waals surface area (Å²) < 4.78 is 10.2. The van der Waals surface area contributed by atoms with Gasteiger partial charge in [-0.2, -0.15) is 4.98 Å². The Morgan fingerprint density at radius 3 is 2.93 bits per heavy atom. The van der Waals surface area contributed by atoms with Crippen molar-refractivity contribution in [3.05, 3.63) is 11.7 Å². The molecule has 5 nitrogen and oxygen atoms in total. The molecule has 5 heteroatoms. The zero-order valence-electron chi connectivity index (χ0n) is 8.52. The average molecular weight is 210 g/mol. The molecule has 0 radical (unpaired) electrons. The van der Waals surface area contributed by atoms with E-state index in [4.69, 9.17) is 9.26 Å². The number of rotatable bonds is 4. The summed E-state index contributed by atoms with van der Waals surface area (Å²) in [7, 11) is 0. The van der Waals surface area contributed by atoms with E-state index in [0.717, 1.165) is 38.8 Å². The van der Waals surface area contributed by atoms with Gasteiger partial charge < -0.3 is 14.1 Å².